The van der Waals surface area contributed by atoms with Crippen LogP contribution < -0.4 is 10.6 Å². The van der Waals surface area contributed by atoms with Crippen LogP contribution in [0.25, 0.3) is 0 Å². The lowest BCUT2D eigenvalue weighted by Crippen LogP contribution is -2.43. The van der Waals surface area contributed by atoms with Crippen LogP contribution in [0.3, 0.4) is 0 Å². The monoisotopic (exact) mass is 389 g/mol. The Morgan fingerprint density at radius 1 is 1.24 bits per heavy atom. The molecule has 142 valence electrons. The Morgan fingerprint density at radius 2 is 2.04 bits per heavy atom. The lowest BCUT2D eigenvalue weighted by atomic mass is 10.1. The van der Waals surface area contributed by atoms with E-state index in [1.54, 1.807) is 0 Å². The Kier molecular flexibility index (Phi) is 10.4. The molecule has 0 radical (unpaired) electrons. The zero-order valence-corrected chi connectivity index (χ0v) is 16.2. The van der Waals surface area contributed by atoms with Crippen LogP contribution >= 0.6 is 24.8 Å². The number of rotatable bonds is 5. The van der Waals surface area contributed by atoms with Gasteiger partial charge < -0.3 is 15.4 Å². The van der Waals surface area contributed by atoms with Gasteiger partial charge in [0.15, 0.2) is 0 Å². The normalized spacial score (nSPS) is 20.9. The topological polar surface area (TPSA) is 53.6 Å². The van der Waals surface area contributed by atoms with Crippen LogP contribution in [0.1, 0.15) is 31.2 Å². The summed E-state index contributed by atoms with van der Waals surface area (Å²) in [6.45, 7) is 5.51. The summed E-state index contributed by atoms with van der Waals surface area (Å²) >= 11 is 0. The zero-order chi connectivity index (χ0) is 15.9. The number of halogens is 2. The van der Waals surface area contributed by atoms with Gasteiger partial charge in [0, 0.05) is 31.2 Å². The van der Waals surface area contributed by atoms with Crippen molar-refractivity contribution < 1.29 is 9.53 Å². The Morgan fingerprint density at radius 3 is 2.76 bits per heavy atom. The fourth-order valence-electron chi connectivity index (χ4n) is 3.31. The molecule has 0 bridgehead atoms. The Balaban J connectivity index is 0.00000156. The fourth-order valence-corrected chi connectivity index (χ4v) is 3.31. The fraction of sp³-hybridized carbons (Fsp3) is 0.611. The summed E-state index contributed by atoms with van der Waals surface area (Å²) in [5, 5.41) is 6.32. The molecule has 0 aliphatic carbocycles. The van der Waals surface area contributed by atoms with Gasteiger partial charge in [0.2, 0.25) is 5.91 Å². The van der Waals surface area contributed by atoms with Crippen LogP contribution in [-0.4, -0.2) is 49.7 Å². The maximum Gasteiger partial charge on any atom is 0.226 e. The molecule has 1 amide bonds. The van der Waals surface area contributed by atoms with Gasteiger partial charge in [0.1, 0.15) is 0 Å². The largest absolute Gasteiger partial charge is 0.378 e. The molecule has 2 fully saturated rings. The minimum atomic E-state index is 0. The highest BCUT2D eigenvalue weighted by Crippen LogP contribution is 2.16. The van der Waals surface area contributed by atoms with Crippen molar-refractivity contribution in [3.63, 3.8) is 0 Å². The number of piperidine rings is 1. The number of nitrogens with zero attached hydrogens (tertiary/aromatic N) is 1. The van der Waals surface area contributed by atoms with E-state index in [0.29, 0.717) is 13.0 Å². The van der Waals surface area contributed by atoms with Crippen LogP contribution in [0.5, 0.6) is 0 Å². The van der Waals surface area contributed by atoms with Gasteiger partial charge in [-0.25, -0.2) is 0 Å². The molecule has 5 nitrogen and oxygen atoms in total. The van der Waals surface area contributed by atoms with Crippen LogP contribution in [0, 0.1) is 0 Å². The molecular formula is C18H29Cl2N3O2. The van der Waals surface area contributed by atoms with Crippen molar-refractivity contribution in [2.45, 2.75) is 38.3 Å². The predicted molar refractivity (Wildman–Crippen MR) is 106 cm³/mol. The molecule has 1 aromatic carbocycles. The SMILES string of the molecule is Cl.Cl.O=C(CC1COCCN1)Nc1cccc(CN2CCCCC2)c1. The lowest BCUT2D eigenvalue weighted by Gasteiger charge is -2.26. The van der Waals surface area contributed by atoms with Gasteiger partial charge in [-0.15, -0.1) is 24.8 Å². The molecule has 2 N–H and O–H groups in total. The van der Waals surface area contributed by atoms with Crippen LogP contribution in [0.2, 0.25) is 0 Å². The number of nitrogens with one attached hydrogen (secondary N) is 2. The van der Waals surface area contributed by atoms with Crippen molar-refractivity contribution in [3.05, 3.63) is 29.8 Å². The summed E-state index contributed by atoms with van der Waals surface area (Å²) in [4.78, 5) is 14.7. The number of amides is 1. The molecule has 3 rings (SSSR count). The first-order chi connectivity index (χ1) is 11.3. The molecule has 1 aromatic rings. The summed E-state index contributed by atoms with van der Waals surface area (Å²) in [7, 11) is 0. The summed E-state index contributed by atoms with van der Waals surface area (Å²) in [6, 6.07) is 8.34. The average Bonchev–Trinajstić information content (AvgIpc) is 2.57. The van der Waals surface area contributed by atoms with E-state index in [4.69, 9.17) is 4.74 Å². The molecule has 0 saturated carbocycles. The first-order valence-corrected chi connectivity index (χ1v) is 8.72. The number of likely N-dealkylation sites (tertiary alicyclic amines) is 1. The lowest BCUT2D eigenvalue weighted by molar-refractivity contribution is -0.117. The summed E-state index contributed by atoms with van der Waals surface area (Å²) in [5.41, 5.74) is 2.16. The van der Waals surface area contributed by atoms with Gasteiger partial charge in [-0.05, 0) is 43.6 Å². The third-order valence-electron chi connectivity index (χ3n) is 4.50. The van der Waals surface area contributed by atoms with Crippen molar-refractivity contribution in [1.82, 2.24) is 10.2 Å². The number of benzene rings is 1. The standard InChI is InChI=1S/C18H27N3O2.2ClH/c22-18(12-17-14-23-10-7-19-17)20-16-6-4-5-15(11-16)13-21-8-2-1-3-9-21;;/h4-6,11,17,19H,1-3,7-10,12-14H2,(H,20,22);2*1H. The predicted octanol–water partition coefficient (Wildman–Crippen LogP) is 2.83. The molecular weight excluding hydrogens is 361 g/mol. The molecule has 2 saturated heterocycles. The van der Waals surface area contributed by atoms with Crippen molar-refractivity contribution in [2.75, 3.05) is 38.2 Å². The second kappa shape index (κ2) is 11.7. The highest BCUT2D eigenvalue weighted by atomic mass is 35.5. The number of hydrogen-bond acceptors (Lipinski definition) is 4. The van der Waals surface area contributed by atoms with Crippen molar-refractivity contribution in [3.8, 4) is 0 Å². The minimum absolute atomic E-state index is 0. The van der Waals surface area contributed by atoms with Gasteiger partial charge in [-0.2, -0.15) is 0 Å². The van der Waals surface area contributed by atoms with Crippen LogP contribution in [0.15, 0.2) is 24.3 Å². The van der Waals surface area contributed by atoms with Gasteiger partial charge in [0.25, 0.3) is 0 Å². The molecule has 0 spiro atoms. The van der Waals surface area contributed by atoms with E-state index in [-0.39, 0.29) is 36.8 Å². The number of morpholine rings is 1. The van der Waals surface area contributed by atoms with Crippen molar-refractivity contribution in [2.24, 2.45) is 0 Å². The van der Waals surface area contributed by atoms with E-state index >= 15 is 0 Å². The third-order valence-corrected chi connectivity index (χ3v) is 4.50. The first-order valence-electron chi connectivity index (χ1n) is 8.72. The zero-order valence-electron chi connectivity index (χ0n) is 14.5. The Bertz CT molecular complexity index is 519. The second-order valence-corrected chi connectivity index (χ2v) is 6.52. The van der Waals surface area contributed by atoms with Crippen molar-refractivity contribution in [1.29, 1.82) is 0 Å². The van der Waals surface area contributed by atoms with E-state index < -0.39 is 0 Å². The first kappa shape index (κ1) is 22.2. The number of carbonyl (C=O) groups is 1. The van der Waals surface area contributed by atoms with Crippen LogP contribution in [0.4, 0.5) is 5.69 Å². The smallest absolute Gasteiger partial charge is 0.226 e. The average molecular weight is 390 g/mol. The quantitative estimate of drug-likeness (QED) is 0.812. The molecule has 0 aromatic heterocycles. The van der Waals surface area contributed by atoms with Crippen LogP contribution in [-0.2, 0) is 16.1 Å². The van der Waals surface area contributed by atoms with Gasteiger partial charge in [-0.1, -0.05) is 18.6 Å². The van der Waals surface area contributed by atoms with E-state index in [0.717, 1.165) is 25.4 Å². The van der Waals surface area contributed by atoms with Gasteiger partial charge in [-0.3, -0.25) is 9.69 Å². The highest BCUT2D eigenvalue weighted by molar-refractivity contribution is 5.91. The highest BCUT2D eigenvalue weighted by Gasteiger charge is 2.17. The molecule has 1 unspecified atom stereocenters. The van der Waals surface area contributed by atoms with Crippen molar-refractivity contribution >= 4 is 36.4 Å². The molecule has 7 heteroatoms. The Labute approximate surface area is 162 Å². The minimum Gasteiger partial charge on any atom is -0.378 e. The van der Waals surface area contributed by atoms with E-state index in [2.05, 4.69) is 27.7 Å². The number of hydrogen-bond donors (Lipinski definition) is 2. The summed E-state index contributed by atoms with van der Waals surface area (Å²) in [6.07, 6.45) is 4.40. The molecule has 1 atom stereocenters. The van der Waals surface area contributed by atoms with E-state index in [9.17, 15) is 4.79 Å². The summed E-state index contributed by atoms with van der Waals surface area (Å²) in [5.74, 6) is 0.0446. The maximum atomic E-state index is 12.2. The van der Waals surface area contributed by atoms with E-state index in [1.807, 2.05) is 12.1 Å². The number of ether oxygens (including phenoxy) is 1. The molecule has 25 heavy (non-hydrogen) atoms. The van der Waals surface area contributed by atoms with Gasteiger partial charge in [0.05, 0.1) is 13.2 Å². The molecule has 2 aliphatic heterocycles. The molecule has 2 heterocycles. The Hall–Kier alpha value is -0.850. The molecule has 2 aliphatic rings. The van der Waals surface area contributed by atoms with E-state index in [1.165, 1.54) is 37.9 Å². The summed E-state index contributed by atoms with van der Waals surface area (Å²) < 4.78 is 5.39. The second-order valence-electron chi connectivity index (χ2n) is 6.52. The maximum absolute atomic E-state index is 12.2. The van der Waals surface area contributed by atoms with Gasteiger partial charge >= 0.3 is 0 Å². The number of carbonyl (C=O) groups excluding carboxylic acids is 1. The third kappa shape index (κ3) is 7.50. The number of anilines is 1.